The number of hydrogen-bond donors (Lipinski definition) is 1. The standard InChI is InChI=1S/C20H18O/c1-14-6-5-11-20(21,13-14)19-10-4-9-17-16-8-3-2-7-15(16)12-18(17)19/h2-11,21H,12-13H2,1H3. The largest absolute Gasteiger partial charge is 0.381 e. The van der Waals surface area contributed by atoms with Crippen LogP contribution in [-0.2, 0) is 12.0 Å². The molecule has 1 nitrogen and oxygen atoms in total. The van der Waals surface area contributed by atoms with Gasteiger partial charge in [0.1, 0.15) is 5.60 Å². The van der Waals surface area contributed by atoms with Crippen LogP contribution in [-0.4, -0.2) is 5.11 Å². The lowest BCUT2D eigenvalue weighted by Gasteiger charge is -2.30. The molecule has 0 radical (unpaired) electrons. The Bertz CT molecular complexity index is 782. The molecule has 2 aromatic rings. The average Bonchev–Trinajstić information content (AvgIpc) is 2.85. The first-order valence-corrected chi connectivity index (χ1v) is 7.45. The van der Waals surface area contributed by atoms with E-state index in [9.17, 15) is 5.11 Å². The highest BCUT2D eigenvalue weighted by atomic mass is 16.3. The molecule has 0 aliphatic heterocycles. The van der Waals surface area contributed by atoms with Gasteiger partial charge in [-0.25, -0.2) is 0 Å². The van der Waals surface area contributed by atoms with E-state index >= 15 is 0 Å². The van der Waals surface area contributed by atoms with Gasteiger partial charge in [0, 0.05) is 6.42 Å². The van der Waals surface area contributed by atoms with Crippen molar-refractivity contribution >= 4 is 0 Å². The van der Waals surface area contributed by atoms with Crippen LogP contribution in [0.1, 0.15) is 30.0 Å². The number of rotatable bonds is 1. The SMILES string of the molecule is CC1=CC=CC(O)(c2cccc3c2Cc2ccccc2-3)C1. The first kappa shape index (κ1) is 12.6. The van der Waals surface area contributed by atoms with E-state index in [-0.39, 0.29) is 0 Å². The lowest BCUT2D eigenvalue weighted by Crippen LogP contribution is -2.26. The Morgan fingerprint density at radius 1 is 1.00 bits per heavy atom. The Morgan fingerprint density at radius 2 is 1.81 bits per heavy atom. The molecule has 2 aliphatic rings. The topological polar surface area (TPSA) is 20.2 Å². The Morgan fingerprint density at radius 3 is 2.67 bits per heavy atom. The van der Waals surface area contributed by atoms with E-state index in [0.717, 1.165) is 12.0 Å². The van der Waals surface area contributed by atoms with Crippen molar-refractivity contribution in [1.82, 2.24) is 0 Å². The van der Waals surface area contributed by atoms with Crippen molar-refractivity contribution in [3.63, 3.8) is 0 Å². The summed E-state index contributed by atoms with van der Waals surface area (Å²) in [6.07, 6.45) is 7.57. The molecule has 0 saturated heterocycles. The summed E-state index contributed by atoms with van der Waals surface area (Å²) in [6.45, 7) is 2.08. The van der Waals surface area contributed by atoms with Crippen molar-refractivity contribution in [3.8, 4) is 11.1 Å². The first-order chi connectivity index (χ1) is 10.2. The molecule has 1 atom stereocenters. The van der Waals surface area contributed by atoms with Gasteiger partial charge in [0.2, 0.25) is 0 Å². The molecule has 1 unspecified atom stereocenters. The van der Waals surface area contributed by atoms with Gasteiger partial charge in [-0.15, -0.1) is 0 Å². The van der Waals surface area contributed by atoms with E-state index in [1.54, 1.807) is 0 Å². The van der Waals surface area contributed by atoms with Crippen molar-refractivity contribution in [3.05, 3.63) is 83.0 Å². The molecule has 21 heavy (non-hydrogen) atoms. The zero-order valence-corrected chi connectivity index (χ0v) is 12.1. The molecule has 0 heterocycles. The van der Waals surface area contributed by atoms with Crippen LogP contribution in [0.2, 0.25) is 0 Å². The van der Waals surface area contributed by atoms with Gasteiger partial charge >= 0.3 is 0 Å². The summed E-state index contributed by atoms with van der Waals surface area (Å²) in [6, 6.07) is 14.9. The maximum atomic E-state index is 11.1. The lowest BCUT2D eigenvalue weighted by atomic mass is 9.81. The maximum absolute atomic E-state index is 11.1. The number of fused-ring (bicyclic) bond motifs is 3. The predicted octanol–water partition coefficient (Wildman–Crippen LogP) is 4.35. The van der Waals surface area contributed by atoms with Crippen molar-refractivity contribution in [2.24, 2.45) is 0 Å². The highest BCUT2D eigenvalue weighted by Gasteiger charge is 2.33. The zero-order chi connectivity index (χ0) is 14.4. The van der Waals surface area contributed by atoms with Crippen LogP contribution in [0.5, 0.6) is 0 Å². The summed E-state index contributed by atoms with van der Waals surface area (Å²) in [5.74, 6) is 0. The molecule has 104 valence electrons. The van der Waals surface area contributed by atoms with Crippen molar-refractivity contribution < 1.29 is 5.11 Å². The second-order valence-corrected chi connectivity index (χ2v) is 6.14. The van der Waals surface area contributed by atoms with Gasteiger partial charge in [0.05, 0.1) is 0 Å². The molecule has 1 N–H and O–H groups in total. The third-order valence-electron chi connectivity index (χ3n) is 4.62. The van der Waals surface area contributed by atoms with E-state index < -0.39 is 5.60 Å². The fourth-order valence-electron chi connectivity index (χ4n) is 3.66. The highest BCUT2D eigenvalue weighted by molar-refractivity contribution is 5.78. The van der Waals surface area contributed by atoms with Crippen molar-refractivity contribution in [2.45, 2.75) is 25.4 Å². The molecular formula is C20H18O. The number of benzene rings is 2. The van der Waals surface area contributed by atoms with Gasteiger partial charge in [-0.1, -0.05) is 60.2 Å². The third kappa shape index (κ3) is 1.89. The third-order valence-corrected chi connectivity index (χ3v) is 4.62. The van der Waals surface area contributed by atoms with Gasteiger partial charge in [-0.3, -0.25) is 0 Å². The molecule has 0 bridgehead atoms. The molecule has 1 heteroatoms. The average molecular weight is 274 g/mol. The summed E-state index contributed by atoms with van der Waals surface area (Å²) in [4.78, 5) is 0. The van der Waals surface area contributed by atoms with Gasteiger partial charge in [-0.2, -0.15) is 0 Å². The highest BCUT2D eigenvalue weighted by Crippen LogP contribution is 2.43. The van der Waals surface area contributed by atoms with Gasteiger partial charge in [0.15, 0.2) is 0 Å². The molecule has 0 spiro atoms. The molecule has 0 amide bonds. The number of allylic oxidation sites excluding steroid dienone is 2. The Labute approximate surface area is 125 Å². The maximum Gasteiger partial charge on any atom is 0.112 e. The van der Waals surface area contributed by atoms with Crippen LogP contribution in [0.25, 0.3) is 11.1 Å². The molecule has 0 fully saturated rings. The minimum atomic E-state index is -0.869. The summed E-state index contributed by atoms with van der Waals surface area (Å²) < 4.78 is 0. The van der Waals surface area contributed by atoms with Crippen LogP contribution in [0, 0.1) is 0 Å². The Balaban J connectivity index is 1.88. The predicted molar refractivity (Wildman–Crippen MR) is 86.1 cm³/mol. The Hall–Kier alpha value is -2.12. The van der Waals surface area contributed by atoms with E-state index in [1.165, 1.54) is 27.8 Å². The normalized spacial score (nSPS) is 22.7. The molecule has 2 aliphatic carbocycles. The smallest absolute Gasteiger partial charge is 0.112 e. The summed E-state index contributed by atoms with van der Waals surface area (Å²) in [5.41, 5.74) is 6.62. The summed E-state index contributed by atoms with van der Waals surface area (Å²) in [5, 5.41) is 11.1. The number of hydrogen-bond acceptors (Lipinski definition) is 1. The van der Waals surface area contributed by atoms with Crippen molar-refractivity contribution in [1.29, 1.82) is 0 Å². The van der Waals surface area contributed by atoms with E-state index in [4.69, 9.17) is 0 Å². The van der Waals surface area contributed by atoms with Crippen LogP contribution in [0.15, 0.2) is 66.3 Å². The quantitative estimate of drug-likeness (QED) is 0.699. The lowest BCUT2D eigenvalue weighted by molar-refractivity contribution is 0.0876. The molecule has 2 aromatic carbocycles. The molecule has 0 aromatic heterocycles. The van der Waals surface area contributed by atoms with Crippen LogP contribution < -0.4 is 0 Å². The summed E-state index contributed by atoms with van der Waals surface area (Å²) >= 11 is 0. The van der Waals surface area contributed by atoms with Crippen molar-refractivity contribution in [2.75, 3.05) is 0 Å². The van der Waals surface area contributed by atoms with E-state index in [1.807, 2.05) is 12.2 Å². The molecule has 4 rings (SSSR count). The van der Waals surface area contributed by atoms with Crippen LogP contribution >= 0.6 is 0 Å². The first-order valence-electron chi connectivity index (χ1n) is 7.45. The monoisotopic (exact) mass is 274 g/mol. The molecule has 0 saturated carbocycles. The Kier molecular flexibility index (Phi) is 2.66. The van der Waals surface area contributed by atoms with Gasteiger partial charge < -0.3 is 5.11 Å². The molecular weight excluding hydrogens is 256 g/mol. The van der Waals surface area contributed by atoms with Crippen LogP contribution in [0.3, 0.4) is 0 Å². The zero-order valence-electron chi connectivity index (χ0n) is 12.1. The van der Waals surface area contributed by atoms with E-state index in [2.05, 4.69) is 55.5 Å². The minimum Gasteiger partial charge on any atom is -0.381 e. The van der Waals surface area contributed by atoms with Gasteiger partial charge in [0.25, 0.3) is 0 Å². The fourth-order valence-corrected chi connectivity index (χ4v) is 3.66. The van der Waals surface area contributed by atoms with Gasteiger partial charge in [-0.05, 0) is 47.2 Å². The number of aliphatic hydroxyl groups is 1. The minimum absolute atomic E-state index is 0.677. The van der Waals surface area contributed by atoms with E-state index in [0.29, 0.717) is 6.42 Å². The van der Waals surface area contributed by atoms with Crippen LogP contribution in [0.4, 0.5) is 0 Å². The second-order valence-electron chi connectivity index (χ2n) is 6.14. The second kappa shape index (κ2) is 4.44. The summed E-state index contributed by atoms with van der Waals surface area (Å²) in [7, 11) is 0. The fraction of sp³-hybridized carbons (Fsp3) is 0.200.